The first-order chi connectivity index (χ1) is 12.4. The number of sulfone groups is 1. The van der Waals surface area contributed by atoms with Gasteiger partial charge in [0.2, 0.25) is 0 Å². The standard InChI is InChI=1S/C19H16FNO4S/c1-13-7-8-15(11-17(13)20)21-19(22)18-14(9-10-25-18)12-26(23,24)16-5-3-2-4-6-16/h2-11H,12H2,1H3,(H,21,22). The third-order valence-corrected chi connectivity index (χ3v) is 5.51. The number of halogens is 1. The first-order valence-corrected chi connectivity index (χ1v) is 9.44. The molecule has 26 heavy (non-hydrogen) atoms. The van der Waals surface area contributed by atoms with Crippen LogP contribution in [-0.4, -0.2) is 14.3 Å². The van der Waals surface area contributed by atoms with Crippen molar-refractivity contribution in [2.24, 2.45) is 0 Å². The van der Waals surface area contributed by atoms with Crippen molar-refractivity contribution in [1.82, 2.24) is 0 Å². The van der Waals surface area contributed by atoms with E-state index < -0.39 is 21.6 Å². The molecule has 0 saturated carbocycles. The molecule has 0 aliphatic heterocycles. The molecular formula is C19H16FNO4S. The predicted octanol–water partition coefficient (Wildman–Crippen LogP) is 3.95. The minimum atomic E-state index is -3.62. The number of hydrogen-bond donors (Lipinski definition) is 1. The maximum absolute atomic E-state index is 13.6. The lowest BCUT2D eigenvalue weighted by Crippen LogP contribution is -2.15. The van der Waals surface area contributed by atoms with Crippen molar-refractivity contribution in [2.75, 3.05) is 5.32 Å². The second-order valence-corrected chi connectivity index (χ2v) is 7.75. The maximum Gasteiger partial charge on any atom is 0.291 e. The molecule has 1 aromatic heterocycles. The van der Waals surface area contributed by atoms with E-state index in [9.17, 15) is 17.6 Å². The summed E-state index contributed by atoms with van der Waals surface area (Å²) in [6.07, 6.45) is 1.25. The summed E-state index contributed by atoms with van der Waals surface area (Å²) < 4.78 is 43.8. The van der Waals surface area contributed by atoms with Crippen LogP contribution in [0.4, 0.5) is 10.1 Å². The van der Waals surface area contributed by atoms with Crippen LogP contribution in [0.15, 0.2) is 70.2 Å². The number of amides is 1. The van der Waals surface area contributed by atoms with Crippen molar-refractivity contribution in [3.8, 4) is 0 Å². The average Bonchev–Trinajstić information content (AvgIpc) is 3.06. The Morgan fingerprint density at radius 2 is 1.85 bits per heavy atom. The van der Waals surface area contributed by atoms with Crippen LogP contribution in [0, 0.1) is 12.7 Å². The highest BCUT2D eigenvalue weighted by Crippen LogP contribution is 2.21. The van der Waals surface area contributed by atoms with Gasteiger partial charge in [-0.2, -0.15) is 0 Å². The molecule has 0 radical (unpaired) electrons. The van der Waals surface area contributed by atoms with E-state index in [1.807, 2.05) is 0 Å². The maximum atomic E-state index is 13.6. The van der Waals surface area contributed by atoms with Crippen LogP contribution in [0.3, 0.4) is 0 Å². The summed E-state index contributed by atoms with van der Waals surface area (Å²) >= 11 is 0. The molecule has 0 spiro atoms. The fraction of sp³-hybridized carbons (Fsp3) is 0.105. The second kappa shape index (κ2) is 7.13. The van der Waals surface area contributed by atoms with Crippen molar-refractivity contribution in [3.05, 3.63) is 83.6 Å². The molecule has 1 amide bonds. The van der Waals surface area contributed by atoms with Crippen molar-refractivity contribution in [3.63, 3.8) is 0 Å². The summed E-state index contributed by atoms with van der Waals surface area (Å²) in [6.45, 7) is 1.61. The van der Waals surface area contributed by atoms with Gasteiger partial charge in [0, 0.05) is 11.3 Å². The van der Waals surface area contributed by atoms with E-state index in [0.717, 1.165) is 0 Å². The summed E-state index contributed by atoms with van der Waals surface area (Å²) in [6, 6.07) is 13.7. The highest BCUT2D eigenvalue weighted by molar-refractivity contribution is 7.90. The van der Waals surface area contributed by atoms with E-state index in [1.54, 1.807) is 31.2 Å². The number of nitrogens with one attached hydrogen (secondary N) is 1. The van der Waals surface area contributed by atoms with E-state index in [0.29, 0.717) is 5.56 Å². The second-order valence-electron chi connectivity index (χ2n) is 5.77. The lowest BCUT2D eigenvalue weighted by molar-refractivity contribution is 0.0996. The number of carbonyl (C=O) groups excluding carboxylic acids is 1. The lowest BCUT2D eigenvalue weighted by Gasteiger charge is -2.07. The quantitative estimate of drug-likeness (QED) is 0.735. The third kappa shape index (κ3) is 3.83. The fourth-order valence-electron chi connectivity index (χ4n) is 2.42. The van der Waals surface area contributed by atoms with Crippen molar-refractivity contribution in [2.45, 2.75) is 17.6 Å². The number of benzene rings is 2. The van der Waals surface area contributed by atoms with Gasteiger partial charge in [0.15, 0.2) is 15.6 Å². The smallest absolute Gasteiger partial charge is 0.291 e. The van der Waals surface area contributed by atoms with E-state index >= 15 is 0 Å². The lowest BCUT2D eigenvalue weighted by atomic mass is 10.2. The number of rotatable bonds is 5. The Labute approximate surface area is 150 Å². The van der Waals surface area contributed by atoms with Gasteiger partial charge in [-0.15, -0.1) is 0 Å². The van der Waals surface area contributed by atoms with Crippen LogP contribution in [0.1, 0.15) is 21.7 Å². The molecule has 0 saturated heterocycles. The summed E-state index contributed by atoms with van der Waals surface area (Å²) in [7, 11) is -3.62. The molecular weight excluding hydrogens is 357 g/mol. The van der Waals surface area contributed by atoms with Crippen LogP contribution < -0.4 is 5.32 Å². The SMILES string of the molecule is Cc1ccc(NC(=O)c2occc2CS(=O)(=O)c2ccccc2)cc1F. The number of hydrogen-bond acceptors (Lipinski definition) is 4. The van der Waals surface area contributed by atoms with Crippen molar-refractivity contribution >= 4 is 21.4 Å². The highest BCUT2D eigenvalue weighted by Gasteiger charge is 2.22. The Balaban J connectivity index is 1.82. The topological polar surface area (TPSA) is 76.4 Å². The minimum absolute atomic E-state index is 0.120. The molecule has 0 unspecified atom stereocenters. The molecule has 1 N–H and O–H groups in total. The zero-order chi connectivity index (χ0) is 18.7. The van der Waals surface area contributed by atoms with Gasteiger partial charge in [0.1, 0.15) is 5.82 Å². The number of anilines is 1. The van der Waals surface area contributed by atoms with Gasteiger partial charge < -0.3 is 9.73 Å². The molecule has 0 bridgehead atoms. The van der Waals surface area contributed by atoms with Crippen LogP contribution >= 0.6 is 0 Å². The minimum Gasteiger partial charge on any atom is -0.459 e. The Hall–Kier alpha value is -2.93. The van der Waals surface area contributed by atoms with Gasteiger partial charge in [0.25, 0.3) is 5.91 Å². The summed E-state index contributed by atoms with van der Waals surface area (Å²) in [4.78, 5) is 12.6. The molecule has 0 aliphatic carbocycles. The normalized spacial score (nSPS) is 11.3. The van der Waals surface area contributed by atoms with E-state index in [1.165, 1.54) is 36.6 Å². The Kier molecular flexibility index (Phi) is 4.90. The molecule has 3 rings (SSSR count). The molecule has 3 aromatic rings. The van der Waals surface area contributed by atoms with Crippen LogP contribution in [0.5, 0.6) is 0 Å². The average molecular weight is 373 g/mol. The summed E-state index contributed by atoms with van der Waals surface area (Å²) in [5.74, 6) is -1.59. The molecule has 1 heterocycles. The van der Waals surface area contributed by atoms with Gasteiger partial charge in [0.05, 0.1) is 16.9 Å². The van der Waals surface area contributed by atoms with Crippen LogP contribution in [0.25, 0.3) is 0 Å². The Bertz CT molecular complexity index is 1040. The molecule has 0 fully saturated rings. The largest absolute Gasteiger partial charge is 0.459 e. The molecule has 2 aromatic carbocycles. The van der Waals surface area contributed by atoms with Gasteiger partial charge >= 0.3 is 0 Å². The zero-order valence-electron chi connectivity index (χ0n) is 13.9. The monoisotopic (exact) mass is 373 g/mol. The van der Waals surface area contributed by atoms with E-state index in [-0.39, 0.29) is 27.7 Å². The highest BCUT2D eigenvalue weighted by atomic mass is 32.2. The zero-order valence-corrected chi connectivity index (χ0v) is 14.7. The van der Waals surface area contributed by atoms with Crippen molar-refractivity contribution < 1.29 is 22.0 Å². The first-order valence-electron chi connectivity index (χ1n) is 7.78. The summed E-state index contributed by atoms with van der Waals surface area (Å²) in [5, 5.41) is 2.51. The molecule has 0 atom stereocenters. The van der Waals surface area contributed by atoms with Crippen molar-refractivity contribution in [1.29, 1.82) is 0 Å². The van der Waals surface area contributed by atoms with Crippen LogP contribution in [-0.2, 0) is 15.6 Å². The number of carbonyl (C=O) groups is 1. The molecule has 134 valence electrons. The van der Waals surface area contributed by atoms with E-state index in [4.69, 9.17) is 4.42 Å². The predicted molar refractivity (Wildman–Crippen MR) is 95.1 cm³/mol. The van der Waals surface area contributed by atoms with Gasteiger partial charge in [-0.25, -0.2) is 12.8 Å². The van der Waals surface area contributed by atoms with Gasteiger partial charge in [-0.3, -0.25) is 4.79 Å². The number of aryl methyl sites for hydroxylation is 1. The number of furan rings is 1. The van der Waals surface area contributed by atoms with Crippen LogP contribution in [0.2, 0.25) is 0 Å². The van der Waals surface area contributed by atoms with Gasteiger partial charge in [-0.05, 0) is 42.8 Å². The Morgan fingerprint density at radius 3 is 2.54 bits per heavy atom. The molecule has 5 nitrogen and oxygen atoms in total. The molecule has 0 aliphatic rings. The molecule has 7 heteroatoms. The van der Waals surface area contributed by atoms with E-state index in [2.05, 4.69) is 5.32 Å². The van der Waals surface area contributed by atoms with Gasteiger partial charge in [-0.1, -0.05) is 24.3 Å². The third-order valence-electron chi connectivity index (χ3n) is 3.83. The first kappa shape index (κ1) is 17.9. The summed E-state index contributed by atoms with van der Waals surface area (Å²) in [5.41, 5.74) is 0.945. The fourth-order valence-corrected chi connectivity index (χ4v) is 3.80. The Morgan fingerprint density at radius 1 is 1.12 bits per heavy atom.